The molecule has 0 heterocycles. The lowest BCUT2D eigenvalue weighted by atomic mass is 10.1. The molecular formula is C10H23N. The Morgan fingerprint density at radius 1 is 0.909 bits per heavy atom. The molecule has 0 fully saturated rings. The number of hydrogen-bond acceptors (Lipinski definition) is 1. The Bertz CT molecular complexity index is 70.9. The quantitative estimate of drug-likeness (QED) is 0.625. The van der Waals surface area contributed by atoms with Crippen molar-refractivity contribution in [1.82, 2.24) is 5.32 Å². The van der Waals surface area contributed by atoms with Gasteiger partial charge in [-0.1, -0.05) is 40.5 Å². The molecular weight excluding hydrogens is 134 g/mol. The van der Waals surface area contributed by atoms with Gasteiger partial charge >= 0.3 is 0 Å². The SMILES string of the molecule is CC[C@H](C)CNC[C@@H](C)CC. The summed E-state index contributed by atoms with van der Waals surface area (Å²) in [7, 11) is 0. The molecule has 1 heteroatoms. The molecule has 0 rings (SSSR count). The van der Waals surface area contributed by atoms with Gasteiger partial charge in [0.1, 0.15) is 0 Å². The zero-order valence-electron chi connectivity index (χ0n) is 8.48. The number of rotatable bonds is 6. The summed E-state index contributed by atoms with van der Waals surface area (Å²) in [6.07, 6.45) is 2.57. The lowest BCUT2D eigenvalue weighted by Crippen LogP contribution is -2.25. The fourth-order valence-electron chi connectivity index (χ4n) is 0.865. The molecule has 0 unspecified atom stereocenters. The maximum absolute atomic E-state index is 3.49. The normalized spacial score (nSPS) is 16.4. The molecule has 0 aliphatic heterocycles. The van der Waals surface area contributed by atoms with Crippen molar-refractivity contribution < 1.29 is 0 Å². The highest BCUT2D eigenvalue weighted by molar-refractivity contribution is 4.58. The molecule has 11 heavy (non-hydrogen) atoms. The minimum Gasteiger partial charge on any atom is -0.316 e. The van der Waals surface area contributed by atoms with Crippen molar-refractivity contribution in [2.75, 3.05) is 13.1 Å². The summed E-state index contributed by atoms with van der Waals surface area (Å²) in [5, 5.41) is 3.49. The molecule has 0 saturated heterocycles. The first kappa shape index (κ1) is 11.0. The molecule has 68 valence electrons. The van der Waals surface area contributed by atoms with Gasteiger partial charge in [0.05, 0.1) is 0 Å². The Morgan fingerprint density at radius 3 is 1.55 bits per heavy atom. The summed E-state index contributed by atoms with van der Waals surface area (Å²) >= 11 is 0. The van der Waals surface area contributed by atoms with E-state index in [1.54, 1.807) is 0 Å². The van der Waals surface area contributed by atoms with E-state index >= 15 is 0 Å². The lowest BCUT2D eigenvalue weighted by Gasteiger charge is -2.13. The van der Waals surface area contributed by atoms with E-state index in [4.69, 9.17) is 0 Å². The standard InChI is InChI=1S/C10H23N/c1-5-9(3)7-11-8-10(4)6-2/h9-11H,5-8H2,1-4H3/t9-,10-/m0/s1. The van der Waals surface area contributed by atoms with Crippen molar-refractivity contribution in [1.29, 1.82) is 0 Å². The monoisotopic (exact) mass is 157 g/mol. The van der Waals surface area contributed by atoms with E-state index in [0.717, 1.165) is 11.8 Å². The fraction of sp³-hybridized carbons (Fsp3) is 1.00. The predicted molar refractivity (Wildman–Crippen MR) is 51.8 cm³/mol. The second kappa shape index (κ2) is 6.66. The van der Waals surface area contributed by atoms with Crippen molar-refractivity contribution >= 4 is 0 Å². The minimum absolute atomic E-state index is 0.832. The summed E-state index contributed by atoms with van der Waals surface area (Å²) in [5.74, 6) is 1.66. The Kier molecular flexibility index (Phi) is 6.63. The number of hydrogen-bond donors (Lipinski definition) is 1. The molecule has 0 radical (unpaired) electrons. The summed E-state index contributed by atoms with van der Waals surface area (Å²) in [5.41, 5.74) is 0. The smallest absolute Gasteiger partial charge is 0.00231 e. The van der Waals surface area contributed by atoms with Crippen molar-refractivity contribution in [3.8, 4) is 0 Å². The van der Waals surface area contributed by atoms with Gasteiger partial charge in [0.25, 0.3) is 0 Å². The Morgan fingerprint density at radius 2 is 1.27 bits per heavy atom. The highest BCUT2D eigenvalue weighted by atomic mass is 14.9. The summed E-state index contributed by atoms with van der Waals surface area (Å²) in [6.45, 7) is 11.4. The van der Waals surface area contributed by atoms with Gasteiger partial charge in [0.15, 0.2) is 0 Å². The first-order valence-corrected chi connectivity index (χ1v) is 4.91. The van der Waals surface area contributed by atoms with Crippen molar-refractivity contribution in [3.05, 3.63) is 0 Å². The van der Waals surface area contributed by atoms with Gasteiger partial charge in [-0.15, -0.1) is 0 Å². The predicted octanol–water partition coefficient (Wildman–Crippen LogP) is 2.67. The Balaban J connectivity index is 3.13. The third-order valence-corrected chi connectivity index (χ3v) is 2.38. The molecule has 2 atom stereocenters. The van der Waals surface area contributed by atoms with Crippen molar-refractivity contribution in [2.45, 2.75) is 40.5 Å². The van der Waals surface area contributed by atoms with Gasteiger partial charge in [0.2, 0.25) is 0 Å². The van der Waals surface area contributed by atoms with E-state index in [1.807, 2.05) is 0 Å². The number of nitrogens with one attached hydrogen (secondary N) is 1. The molecule has 1 N–H and O–H groups in total. The molecule has 0 aromatic heterocycles. The highest BCUT2D eigenvalue weighted by Crippen LogP contribution is 2.00. The van der Waals surface area contributed by atoms with Crippen LogP contribution < -0.4 is 5.32 Å². The van der Waals surface area contributed by atoms with E-state index in [2.05, 4.69) is 33.0 Å². The van der Waals surface area contributed by atoms with Crippen LogP contribution in [0.2, 0.25) is 0 Å². The summed E-state index contributed by atoms with van der Waals surface area (Å²) in [6, 6.07) is 0. The van der Waals surface area contributed by atoms with Crippen LogP contribution in [0.5, 0.6) is 0 Å². The Labute approximate surface area is 71.6 Å². The van der Waals surface area contributed by atoms with Crippen molar-refractivity contribution in [3.63, 3.8) is 0 Å². The first-order chi connectivity index (χ1) is 5.20. The fourth-order valence-corrected chi connectivity index (χ4v) is 0.865. The van der Waals surface area contributed by atoms with E-state index in [0.29, 0.717) is 0 Å². The van der Waals surface area contributed by atoms with E-state index < -0.39 is 0 Å². The molecule has 0 saturated carbocycles. The van der Waals surface area contributed by atoms with E-state index in [1.165, 1.54) is 25.9 Å². The third-order valence-electron chi connectivity index (χ3n) is 2.38. The zero-order chi connectivity index (χ0) is 8.69. The average Bonchev–Trinajstić information content (AvgIpc) is 2.04. The topological polar surface area (TPSA) is 12.0 Å². The van der Waals surface area contributed by atoms with Crippen LogP contribution in [0.4, 0.5) is 0 Å². The van der Waals surface area contributed by atoms with Crippen LogP contribution in [0.1, 0.15) is 40.5 Å². The second-order valence-electron chi connectivity index (χ2n) is 3.69. The molecule has 0 spiro atoms. The van der Waals surface area contributed by atoms with Crippen LogP contribution in [-0.4, -0.2) is 13.1 Å². The van der Waals surface area contributed by atoms with E-state index in [-0.39, 0.29) is 0 Å². The molecule has 0 aromatic rings. The Hall–Kier alpha value is -0.0400. The zero-order valence-corrected chi connectivity index (χ0v) is 8.48. The van der Waals surface area contributed by atoms with Crippen LogP contribution in [0, 0.1) is 11.8 Å². The van der Waals surface area contributed by atoms with Gasteiger partial charge in [-0.25, -0.2) is 0 Å². The second-order valence-corrected chi connectivity index (χ2v) is 3.69. The van der Waals surface area contributed by atoms with Gasteiger partial charge in [-0.05, 0) is 24.9 Å². The van der Waals surface area contributed by atoms with Crippen LogP contribution in [-0.2, 0) is 0 Å². The third kappa shape index (κ3) is 6.36. The van der Waals surface area contributed by atoms with Crippen LogP contribution >= 0.6 is 0 Å². The summed E-state index contributed by atoms with van der Waals surface area (Å²) in [4.78, 5) is 0. The first-order valence-electron chi connectivity index (χ1n) is 4.91. The summed E-state index contributed by atoms with van der Waals surface area (Å²) < 4.78 is 0. The van der Waals surface area contributed by atoms with Crippen LogP contribution in [0.25, 0.3) is 0 Å². The molecule has 0 aliphatic carbocycles. The van der Waals surface area contributed by atoms with Gasteiger partial charge in [-0.3, -0.25) is 0 Å². The van der Waals surface area contributed by atoms with Crippen molar-refractivity contribution in [2.24, 2.45) is 11.8 Å². The molecule has 1 nitrogen and oxygen atoms in total. The maximum atomic E-state index is 3.49. The molecule has 0 aromatic carbocycles. The van der Waals surface area contributed by atoms with Crippen LogP contribution in [0.15, 0.2) is 0 Å². The lowest BCUT2D eigenvalue weighted by molar-refractivity contribution is 0.445. The largest absolute Gasteiger partial charge is 0.316 e. The van der Waals surface area contributed by atoms with Crippen LogP contribution in [0.3, 0.4) is 0 Å². The molecule has 0 aliphatic rings. The van der Waals surface area contributed by atoms with Gasteiger partial charge < -0.3 is 5.32 Å². The average molecular weight is 157 g/mol. The maximum Gasteiger partial charge on any atom is -0.00231 e. The van der Waals surface area contributed by atoms with E-state index in [9.17, 15) is 0 Å². The van der Waals surface area contributed by atoms with Gasteiger partial charge in [-0.2, -0.15) is 0 Å². The molecule has 0 amide bonds. The highest BCUT2D eigenvalue weighted by Gasteiger charge is 2.00. The molecule has 0 bridgehead atoms. The van der Waals surface area contributed by atoms with Gasteiger partial charge in [0, 0.05) is 0 Å². The minimum atomic E-state index is 0.832.